The van der Waals surface area contributed by atoms with Crippen molar-refractivity contribution >= 4 is 17.9 Å². The molecule has 0 bridgehead atoms. The Hall–Kier alpha value is -3.86. The highest BCUT2D eigenvalue weighted by Gasteiger charge is 2.24. The lowest BCUT2D eigenvalue weighted by Crippen LogP contribution is -2.05. The SMILES string of the molecule is COc1cccc(C2=N/C(=C/c3ccc(OCc4ccccc4C)cc3)C(=O)O2)c1. The van der Waals surface area contributed by atoms with Gasteiger partial charge in [0.1, 0.15) is 18.1 Å². The molecule has 1 aliphatic rings. The molecule has 0 amide bonds. The third-order valence-electron chi connectivity index (χ3n) is 4.78. The molecule has 150 valence electrons. The summed E-state index contributed by atoms with van der Waals surface area (Å²) in [5, 5.41) is 0. The Kier molecular flexibility index (Phi) is 5.61. The molecule has 0 radical (unpaired) electrons. The van der Waals surface area contributed by atoms with Gasteiger partial charge in [-0.25, -0.2) is 9.79 Å². The van der Waals surface area contributed by atoms with E-state index in [2.05, 4.69) is 24.0 Å². The second-order valence-corrected chi connectivity index (χ2v) is 6.85. The monoisotopic (exact) mass is 399 g/mol. The highest BCUT2D eigenvalue weighted by Crippen LogP contribution is 2.23. The number of rotatable bonds is 6. The molecule has 5 nitrogen and oxygen atoms in total. The standard InChI is InChI=1S/C25H21NO4/c1-17-6-3-4-7-20(17)16-29-21-12-10-18(11-13-21)14-23-25(27)30-24(26-23)19-8-5-9-22(15-19)28-2/h3-15H,16H2,1-2H3/b23-14+. The number of methoxy groups -OCH3 is 1. The Labute approximate surface area is 175 Å². The van der Waals surface area contributed by atoms with Gasteiger partial charge in [-0.1, -0.05) is 42.5 Å². The van der Waals surface area contributed by atoms with Gasteiger partial charge in [0.05, 0.1) is 7.11 Å². The summed E-state index contributed by atoms with van der Waals surface area (Å²) in [6, 6.07) is 22.9. The fourth-order valence-corrected chi connectivity index (χ4v) is 3.04. The quantitative estimate of drug-likeness (QED) is 0.436. The Bertz CT molecular complexity index is 1130. The molecule has 0 aliphatic carbocycles. The van der Waals surface area contributed by atoms with E-state index in [9.17, 15) is 4.79 Å². The van der Waals surface area contributed by atoms with Crippen LogP contribution in [0.5, 0.6) is 11.5 Å². The molecule has 4 rings (SSSR count). The summed E-state index contributed by atoms with van der Waals surface area (Å²) in [6.07, 6.45) is 1.70. The molecule has 3 aromatic carbocycles. The molecule has 0 fully saturated rings. The Morgan fingerprint density at radius 3 is 2.53 bits per heavy atom. The van der Waals surface area contributed by atoms with Crippen LogP contribution in [0.4, 0.5) is 0 Å². The topological polar surface area (TPSA) is 57.1 Å². The molecule has 0 saturated heterocycles. The van der Waals surface area contributed by atoms with Crippen molar-refractivity contribution in [2.45, 2.75) is 13.5 Å². The van der Waals surface area contributed by atoms with E-state index in [1.54, 1.807) is 19.3 Å². The van der Waals surface area contributed by atoms with Crippen LogP contribution in [0.3, 0.4) is 0 Å². The van der Waals surface area contributed by atoms with Gasteiger partial charge in [0.25, 0.3) is 0 Å². The molecule has 0 N–H and O–H groups in total. The fraction of sp³-hybridized carbons (Fsp3) is 0.120. The first-order chi connectivity index (χ1) is 14.6. The van der Waals surface area contributed by atoms with E-state index in [0.717, 1.165) is 16.9 Å². The zero-order chi connectivity index (χ0) is 20.9. The normalized spacial score (nSPS) is 14.4. The van der Waals surface area contributed by atoms with Gasteiger partial charge in [0, 0.05) is 5.56 Å². The van der Waals surface area contributed by atoms with Crippen molar-refractivity contribution < 1.29 is 19.0 Å². The van der Waals surface area contributed by atoms with Gasteiger partial charge in [-0.3, -0.25) is 0 Å². The highest BCUT2D eigenvalue weighted by atomic mass is 16.6. The lowest BCUT2D eigenvalue weighted by Gasteiger charge is -2.08. The van der Waals surface area contributed by atoms with Crippen molar-refractivity contribution in [2.75, 3.05) is 7.11 Å². The second kappa shape index (κ2) is 8.66. The van der Waals surface area contributed by atoms with E-state index < -0.39 is 5.97 Å². The minimum Gasteiger partial charge on any atom is -0.497 e. The summed E-state index contributed by atoms with van der Waals surface area (Å²) >= 11 is 0. The fourth-order valence-electron chi connectivity index (χ4n) is 3.04. The number of hydrogen-bond acceptors (Lipinski definition) is 5. The van der Waals surface area contributed by atoms with E-state index in [4.69, 9.17) is 14.2 Å². The molecule has 1 heterocycles. The van der Waals surface area contributed by atoms with Crippen LogP contribution in [0.15, 0.2) is 83.5 Å². The molecule has 0 unspecified atom stereocenters. The number of benzene rings is 3. The van der Waals surface area contributed by atoms with Crippen molar-refractivity contribution in [3.63, 3.8) is 0 Å². The van der Waals surface area contributed by atoms with E-state index in [1.807, 2.05) is 54.6 Å². The summed E-state index contributed by atoms with van der Waals surface area (Å²) in [4.78, 5) is 16.6. The minimum atomic E-state index is -0.479. The summed E-state index contributed by atoms with van der Waals surface area (Å²) < 4.78 is 16.4. The molecular formula is C25H21NO4. The molecule has 5 heteroatoms. The number of esters is 1. The highest BCUT2D eigenvalue weighted by molar-refractivity contribution is 6.12. The maximum Gasteiger partial charge on any atom is 0.363 e. The maximum absolute atomic E-state index is 12.2. The van der Waals surface area contributed by atoms with Crippen LogP contribution < -0.4 is 9.47 Å². The van der Waals surface area contributed by atoms with Crippen LogP contribution in [0.1, 0.15) is 22.3 Å². The van der Waals surface area contributed by atoms with E-state index >= 15 is 0 Å². The molecule has 3 aromatic rings. The van der Waals surface area contributed by atoms with Crippen LogP contribution in [0.25, 0.3) is 6.08 Å². The average Bonchev–Trinajstić information content (AvgIpc) is 3.14. The first-order valence-electron chi connectivity index (χ1n) is 9.57. The number of aryl methyl sites for hydroxylation is 1. The van der Waals surface area contributed by atoms with Gasteiger partial charge < -0.3 is 14.2 Å². The third kappa shape index (κ3) is 4.41. The van der Waals surface area contributed by atoms with E-state index in [1.165, 1.54) is 5.56 Å². The Morgan fingerprint density at radius 1 is 0.967 bits per heavy atom. The number of ether oxygens (including phenoxy) is 3. The lowest BCUT2D eigenvalue weighted by molar-refractivity contribution is -0.129. The molecular weight excluding hydrogens is 378 g/mol. The van der Waals surface area contributed by atoms with Crippen molar-refractivity contribution in [1.29, 1.82) is 0 Å². The maximum atomic E-state index is 12.2. The second-order valence-electron chi connectivity index (χ2n) is 6.85. The summed E-state index contributed by atoms with van der Waals surface area (Å²) in [7, 11) is 1.58. The average molecular weight is 399 g/mol. The van der Waals surface area contributed by atoms with Crippen molar-refractivity contribution in [3.8, 4) is 11.5 Å². The van der Waals surface area contributed by atoms with Crippen molar-refractivity contribution in [1.82, 2.24) is 0 Å². The Morgan fingerprint density at radius 2 is 1.77 bits per heavy atom. The number of aliphatic imine (C=N–C) groups is 1. The number of cyclic esters (lactones) is 1. The Balaban J connectivity index is 1.47. The third-order valence-corrected chi connectivity index (χ3v) is 4.78. The molecule has 0 saturated carbocycles. The zero-order valence-corrected chi connectivity index (χ0v) is 16.8. The van der Waals surface area contributed by atoms with Gasteiger partial charge in [-0.15, -0.1) is 0 Å². The lowest BCUT2D eigenvalue weighted by atomic mass is 10.1. The van der Waals surface area contributed by atoms with E-state index in [0.29, 0.717) is 17.9 Å². The number of nitrogens with zero attached hydrogens (tertiary/aromatic N) is 1. The zero-order valence-electron chi connectivity index (χ0n) is 16.8. The van der Waals surface area contributed by atoms with E-state index in [-0.39, 0.29) is 11.6 Å². The first-order valence-corrected chi connectivity index (χ1v) is 9.57. The van der Waals surface area contributed by atoms with Crippen LogP contribution in [0.2, 0.25) is 0 Å². The van der Waals surface area contributed by atoms with Crippen molar-refractivity contribution in [2.24, 2.45) is 4.99 Å². The first kappa shape index (κ1) is 19.5. The summed E-state index contributed by atoms with van der Waals surface area (Å²) in [5.74, 6) is 1.22. The van der Waals surface area contributed by atoms with Gasteiger partial charge >= 0.3 is 5.97 Å². The predicted octanol–water partition coefficient (Wildman–Crippen LogP) is 4.93. The molecule has 0 spiro atoms. The van der Waals surface area contributed by atoms with Crippen LogP contribution in [0, 0.1) is 6.92 Å². The number of carbonyl (C=O) groups is 1. The van der Waals surface area contributed by atoms with Crippen LogP contribution >= 0.6 is 0 Å². The van der Waals surface area contributed by atoms with Crippen LogP contribution in [-0.2, 0) is 16.1 Å². The minimum absolute atomic E-state index is 0.251. The van der Waals surface area contributed by atoms with Gasteiger partial charge in [0.15, 0.2) is 5.70 Å². The summed E-state index contributed by atoms with van der Waals surface area (Å²) in [5.41, 5.74) is 4.12. The largest absolute Gasteiger partial charge is 0.497 e. The number of carbonyl (C=O) groups excluding carboxylic acids is 1. The number of hydrogen-bond donors (Lipinski definition) is 0. The molecule has 0 aromatic heterocycles. The molecule has 0 atom stereocenters. The van der Waals surface area contributed by atoms with Gasteiger partial charge in [0.2, 0.25) is 5.90 Å². The van der Waals surface area contributed by atoms with Crippen molar-refractivity contribution in [3.05, 3.63) is 101 Å². The summed E-state index contributed by atoms with van der Waals surface area (Å²) in [6.45, 7) is 2.57. The van der Waals surface area contributed by atoms with Crippen LogP contribution in [-0.4, -0.2) is 19.0 Å². The van der Waals surface area contributed by atoms with Gasteiger partial charge in [-0.2, -0.15) is 0 Å². The molecule has 1 aliphatic heterocycles. The predicted molar refractivity (Wildman–Crippen MR) is 116 cm³/mol. The smallest absolute Gasteiger partial charge is 0.363 e. The van der Waals surface area contributed by atoms with Gasteiger partial charge in [-0.05, 0) is 60.0 Å². The molecule has 30 heavy (non-hydrogen) atoms.